The molecule has 1 heterocycles. The van der Waals surface area contributed by atoms with E-state index in [2.05, 4.69) is 25.7 Å². The number of fused-ring (bicyclic) bond motifs is 1. The molecule has 0 bridgehead atoms. The lowest BCUT2D eigenvalue weighted by Crippen LogP contribution is -1.93. The molecule has 5 nitrogen and oxygen atoms in total. The van der Waals surface area contributed by atoms with Crippen molar-refractivity contribution in [2.45, 2.75) is 6.92 Å². The smallest absolute Gasteiger partial charge is 0.231 e. The van der Waals surface area contributed by atoms with Gasteiger partial charge in [-0.1, -0.05) is 35.1 Å². The van der Waals surface area contributed by atoms with E-state index in [0.717, 1.165) is 15.9 Å². The summed E-state index contributed by atoms with van der Waals surface area (Å²) in [5.41, 5.74) is 4.65. The maximum absolute atomic E-state index is 5.82. The lowest BCUT2D eigenvalue weighted by atomic mass is 10.3. The van der Waals surface area contributed by atoms with Gasteiger partial charge in [-0.25, -0.2) is 4.98 Å². The first-order chi connectivity index (χ1) is 10.7. The van der Waals surface area contributed by atoms with Crippen molar-refractivity contribution in [2.24, 2.45) is 15.3 Å². The number of rotatable bonds is 3. The molecule has 0 aliphatic heterocycles. The number of halogens is 1. The van der Waals surface area contributed by atoms with Crippen LogP contribution in [0.1, 0.15) is 6.92 Å². The highest BCUT2D eigenvalue weighted by molar-refractivity contribution is 7.21. The van der Waals surface area contributed by atoms with E-state index in [1.807, 2.05) is 36.4 Å². The van der Waals surface area contributed by atoms with E-state index in [1.165, 1.54) is 11.3 Å². The number of para-hydroxylation sites is 1. The Morgan fingerprint density at radius 2 is 1.91 bits per heavy atom. The number of hydrogen-bond acceptors (Lipinski definition) is 5. The summed E-state index contributed by atoms with van der Waals surface area (Å²) in [5, 5.41) is 13.6. The zero-order chi connectivity index (χ0) is 15.4. The van der Waals surface area contributed by atoms with E-state index in [9.17, 15) is 0 Å². The highest BCUT2D eigenvalue weighted by Crippen LogP contribution is 2.27. The van der Waals surface area contributed by atoms with E-state index in [4.69, 9.17) is 11.6 Å². The summed E-state index contributed by atoms with van der Waals surface area (Å²) in [7, 11) is 0. The maximum Gasteiger partial charge on any atom is 0.231 e. The molecular formula is C15H12ClN5S. The molecule has 0 atom stereocenters. The predicted octanol–water partition coefficient (Wildman–Crippen LogP) is 5.48. The molecule has 0 aliphatic rings. The number of benzene rings is 2. The van der Waals surface area contributed by atoms with Crippen molar-refractivity contribution in [1.29, 1.82) is 0 Å². The largest absolute Gasteiger partial charge is 0.277 e. The second kappa shape index (κ2) is 6.64. The number of azo groups is 1. The number of nitrogens with one attached hydrogen (secondary N) is 1. The van der Waals surface area contributed by atoms with E-state index >= 15 is 0 Å². The number of nitrogens with zero attached hydrogens (tertiary/aromatic N) is 4. The number of amidine groups is 1. The summed E-state index contributed by atoms with van der Waals surface area (Å²) >= 11 is 7.32. The second-order valence-electron chi connectivity index (χ2n) is 4.44. The lowest BCUT2D eigenvalue weighted by Gasteiger charge is -1.99. The molecule has 3 rings (SSSR count). The molecule has 1 N–H and O–H groups in total. The Morgan fingerprint density at radius 3 is 2.68 bits per heavy atom. The van der Waals surface area contributed by atoms with Gasteiger partial charge in [0.2, 0.25) is 5.13 Å². The van der Waals surface area contributed by atoms with Gasteiger partial charge in [0, 0.05) is 5.02 Å². The van der Waals surface area contributed by atoms with E-state index in [1.54, 1.807) is 19.1 Å². The summed E-state index contributed by atoms with van der Waals surface area (Å²) in [5.74, 6) is 0.509. The van der Waals surface area contributed by atoms with Crippen LogP contribution in [0.2, 0.25) is 5.02 Å². The molecule has 0 spiro atoms. The molecule has 22 heavy (non-hydrogen) atoms. The topological polar surface area (TPSA) is 62.0 Å². The first kappa shape index (κ1) is 14.6. The van der Waals surface area contributed by atoms with Crippen LogP contribution in [0.3, 0.4) is 0 Å². The molecule has 1 aromatic heterocycles. The molecule has 110 valence electrons. The number of thiazole rings is 1. The summed E-state index contributed by atoms with van der Waals surface area (Å²) in [6, 6.07) is 15.1. The molecule has 0 saturated heterocycles. The highest BCUT2D eigenvalue weighted by atomic mass is 35.5. The third-order valence-electron chi connectivity index (χ3n) is 2.75. The summed E-state index contributed by atoms with van der Waals surface area (Å²) in [6.45, 7) is 1.76. The van der Waals surface area contributed by atoms with Crippen molar-refractivity contribution in [3.05, 3.63) is 53.6 Å². The SMILES string of the molecule is C/C(N=Nc1nc2ccccc2s1)=N\Nc1ccc(Cl)cc1. The zero-order valence-electron chi connectivity index (χ0n) is 11.7. The van der Waals surface area contributed by atoms with Crippen molar-refractivity contribution >= 4 is 49.8 Å². The second-order valence-corrected chi connectivity index (χ2v) is 5.89. The normalized spacial score (nSPS) is 12.2. The molecular weight excluding hydrogens is 318 g/mol. The average molecular weight is 330 g/mol. The van der Waals surface area contributed by atoms with Gasteiger partial charge in [-0.3, -0.25) is 5.43 Å². The van der Waals surface area contributed by atoms with Crippen LogP contribution in [-0.2, 0) is 0 Å². The Hall–Kier alpha value is -2.31. The summed E-state index contributed by atoms with van der Waals surface area (Å²) in [6.07, 6.45) is 0. The van der Waals surface area contributed by atoms with Gasteiger partial charge in [0.15, 0.2) is 5.84 Å². The van der Waals surface area contributed by atoms with Gasteiger partial charge in [0.1, 0.15) is 0 Å². The van der Waals surface area contributed by atoms with Gasteiger partial charge in [-0.15, -0.1) is 10.2 Å². The van der Waals surface area contributed by atoms with Gasteiger partial charge in [-0.2, -0.15) is 5.10 Å². The third kappa shape index (κ3) is 3.66. The molecule has 7 heteroatoms. The molecule has 3 aromatic rings. The molecule has 0 unspecified atom stereocenters. The lowest BCUT2D eigenvalue weighted by molar-refractivity contribution is 1.20. The molecule has 0 radical (unpaired) electrons. The standard InChI is InChI=1S/C15H12ClN5S/c1-10(18-20-12-8-6-11(16)7-9-12)19-21-15-17-13-4-2-3-5-14(13)22-15/h2-9,20H,1H3/b18-10+,21-19?. The monoisotopic (exact) mass is 329 g/mol. The summed E-state index contributed by atoms with van der Waals surface area (Å²) in [4.78, 5) is 4.38. The van der Waals surface area contributed by atoms with Gasteiger partial charge in [0.05, 0.1) is 15.9 Å². The van der Waals surface area contributed by atoms with Crippen molar-refractivity contribution < 1.29 is 0 Å². The van der Waals surface area contributed by atoms with Crippen LogP contribution in [0.5, 0.6) is 0 Å². The van der Waals surface area contributed by atoms with Crippen LogP contribution < -0.4 is 5.43 Å². The van der Waals surface area contributed by atoms with Gasteiger partial charge < -0.3 is 0 Å². The highest BCUT2D eigenvalue weighted by Gasteiger charge is 2.01. The number of aromatic nitrogens is 1. The maximum atomic E-state index is 5.82. The van der Waals surface area contributed by atoms with Gasteiger partial charge >= 0.3 is 0 Å². The molecule has 0 fully saturated rings. The minimum absolute atomic E-state index is 0.509. The van der Waals surface area contributed by atoms with E-state index < -0.39 is 0 Å². The summed E-state index contributed by atoms with van der Waals surface area (Å²) < 4.78 is 1.09. The van der Waals surface area contributed by atoms with Gasteiger partial charge in [0.25, 0.3) is 0 Å². The fourth-order valence-corrected chi connectivity index (χ4v) is 2.62. The minimum Gasteiger partial charge on any atom is -0.277 e. The first-order valence-corrected chi connectivity index (χ1v) is 7.73. The quantitative estimate of drug-likeness (QED) is 0.299. The Balaban J connectivity index is 1.68. The van der Waals surface area contributed by atoms with Crippen LogP contribution in [-0.4, -0.2) is 10.8 Å². The predicted molar refractivity (Wildman–Crippen MR) is 92.3 cm³/mol. The minimum atomic E-state index is 0.509. The molecule has 0 aliphatic carbocycles. The van der Waals surface area contributed by atoms with Gasteiger partial charge in [-0.05, 0) is 43.3 Å². The fourth-order valence-electron chi connectivity index (χ4n) is 1.71. The fraction of sp³-hybridized carbons (Fsp3) is 0.0667. The number of anilines is 1. The Bertz CT molecular complexity index is 806. The van der Waals surface area contributed by atoms with Crippen LogP contribution in [0.15, 0.2) is 63.9 Å². The number of hydrazone groups is 1. The molecule has 0 saturated carbocycles. The van der Waals surface area contributed by atoms with E-state index in [0.29, 0.717) is 16.0 Å². The Labute approximate surface area is 136 Å². The van der Waals surface area contributed by atoms with Crippen molar-refractivity contribution in [2.75, 3.05) is 5.43 Å². The van der Waals surface area contributed by atoms with Crippen LogP contribution in [0.25, 0.3) is 10.2 Å². The van der Waals surface area contributed by atoms with Crippen molar-refractivity contribution in [3.63, 3.8) is 0 Å². The van der Waals surface area contributed by atoms with Crippen molar-refractivity contribution in [3.8, 4) is 0 Å². The van der Waals surface area contributed by atoms with E-state index in [-0.39, 0.29) is 0 Å². The number of hydrogen-bond donors (Lipinski definition) is 1. The first-order valence-electron chi connectivity index (χ1n) is 6.54. The van der Waals surface area contributed by atoms with Crippen LogP contribution in [0, 0.1) is 0 Å². The average Bonchev–Trinajstić information content (AvgIpc) is 2.95. The Kier molecular flexibility index (Phi) is 4.41. The van der Waals surface area contributed by atoms with Crippen LogP contribution >= 0.6 is 22.9 Å². The van der Waals surface area contributed by atoms with Crippen LogP contribution in [0.4, 0.5) is 10.8 Å². The molecule has 0 amide bonds. The third-order valence-corrected chi connectivity index (χ3v) is 3.93. The zero-order valence-corrected chi connectivity index (χ0v) is 13.3. The Morgan fingerprint density at radius 1 is 1.14 bits per heavy atom. The molecule has 2 aromatic carbocycles. The van der Waals surface area contributed by atoms with Crippen molar-refractivity contribution in [1.82, 2.24) is 4.98 Å².